The van der Waals surface area contributed by atoms with E-state index in [1.165, 1.54) is 0 Å². The summed E-state index contributed by atoms with van der Waals surface area (Å²) in [5, 5.41) is 31.0. The van der Waals surface area contributed by atoms with E-state index in [0.29, 0.717) is 12.2 Å². The number of hydrogen-bond acceptors (Lipinski definition) is 6. The van der Waals surface area contributed by atoms with Gasteiger partial charge in [0.25, 0.3) is 0 Å². The van der Waals surface area contributed by atoms with Gasteiger partial charge in [0.15, 0.2) is 17.6 Å². The van der Waals surface area contributed by atoms with Crippen molar-refractivity contribution < 1.29 is 14.9 Å². The first kappa shape index (κ1) is 19.8. The summed E-state index contributed by atoms with van der Waals surface area (Å²) in [4.78, 5) is 5.06. The van der Waals surface area contributed by atoms with Crippen LogP contribution in [0.25, 0.3) is 10.9 Å². The molecule has 4 N–H and O–H groups in total. The number of hydrogen-bond donors (Lipinski definition) is 4. The van der Waals surface area contributed by atoms with Crippen LogP contribution in [0, 0.1) is 0 Å². The fourth-order valence-corrected chi connectivity index (χ4v) is 6.83. The summed E-state index contributed by atoms with van der Waals surface area (Å²) in [6, 6.07) is 11.7. The van der Waals surface area contributed by atoms with E-state index in [9.17, 15) is 10.2 Å². The molecule has 2 bridgehead atoms. The summed E-state index contributed by atoms with van der Waals surface area (Å²) in [5.74, 6) is 0.679. The first-order chi connectivity index (χ1) is 15.6. The zero-order valence-corrected chi connectivity index (χ0v) is 18.7. The second kappa shape index (κ2) is 6.59. The number of nitrogens with zero attached hydrogens (tertiary/aromatic N) is 1. The highest BCUT2D eigenvalue weighted by atomic mass is 16.5. The van der Waals surface area contributed by atoms with Crippen molar-refractivity contribution in [3.05, 3.63) is 58.8 Å². The number of rotatable bonds is 1. The second-order valence-electron chi connectivity index (χ2n) is 9.10. The number of para-hydroxylation sites is 1. The third kappa shape index (κ3) is 2.10. The van der Waals surface area contributed by atoms with Gasteiger partial charge in [-0.25, -0.2) is 4.98 Å². The standard InChI is InChI=1S/C24H23N3O3.C2H6/c1-25-19-13-4-2-3-5-15(13)27-20-14(19)11-24(29)17-10-12-6-7-16(28)21-18(12)23(24,8-9-26-17)22(20)30-21;1-2/h2-7,17,22,26,28-29H,8-11H2,1H3,(H,25,27);1-2H3/t17-,22?,23+,24?;/m1./s1. The zero-order valence-electron chi connectivity index (χ0n) is 18.7. The van der Waals surface area contributed by atoms with E-state index in [1.54, 1.807) is 6.07 Å². The summed E-state index contributed by atoms with van der Waals surface area (Å²) in [5.41, 5.74) is 4.36. The highest BCUT2D eigenvalue weighted by molar-refractivity contribution is 5.94. The molecule has 2 aliphatic carbocycles. The number of phenolic OH excluding ortho intramolecular Hbond substituents is 1. The molecule has 6 heteroatoms. The van der Waals surface area contributed by atoms with Crippen LogP contribution in [0.2, 0.25) is 0 Å². The van der Waals surface area contributed by atoms with E-state index >= 15 is 0 Å². The van der Waals surface area contributed by atoms with Crippen molar-refractivity contribution >= 4 is 16.6 Å². The van der Waals surface area contributed by atoms with E-state index < -0.39 is 17.1 Å². The molecule has 2 aromatic carbocycles. The molecule has 1 aromatic heterocycles. The molecule has 2 unspecified atom stereocenters. The van der Waals surface area contributed by atoms with Crippen LogP contribution in [0.3, 0.4) is 0 Å². The third-order valence-electron chi connectivity index (χ3n) is 8.01. The molecular weight excluding hydrogens is 402 g/mol. The lowest BCUT2D eigenvalue weighted by Crippen LogP contribution is -2.74. The number of pyridine rings is 1. The van der Waals surface area contributed by atoms with Crippen molar-refractivity contribution in [2.45, 2.75) is 56.3 Å². The van der Waals surface area contributed by atoms with Crippen molar-refractivity contribution in [3.63, 3.8) is 0 Å². The van der Waals surface area contributed by atoms with Crippen LogP contribution in [0.4, 0.5) is 5.69 Å². The van der Waals surface area contributed by atoms with Crippen molar-refractivity contribution in [1.82, 2.24) is 10.3 Å². The van der Waals surface area contributed by atoms with Gasteiger partial charge < -0.3 is 25.6 Å². The average Bonchev–Trinajstić information content (AvgIpc) is 3.16. The van der Waals surface area contributed by atoms with Gasteiger partial charge in [0.1, 0.15) is 0 Å². The monoisotopic (exact) mass is 431 g/mol. The number of anilines is 1. The zero-order chi connectivity index (χ0) is 22.3. The summed E-state index contributed by atoms with van der Waals surface area (Å²) in [6.07, 6.45) is 1.55. The van der Waals surface area contributed by atoms with E-state index in [1.807, 2.05) is 45.2 Å². The van der Waals surface area contributed by atoms with Crippen molar-refractivity contribution in [1.29, 1.82) is 0 Å². The highest BCUT2D eigenvalue weighted by Crippen LogP contribution is 2.68. The van der Waals surface area contributed by atoms with Gasteiger partial charge >= 0.3 is 0 Å². The molecule has 1 saturated heterocycles. The first-order valence-electron chi connectivity index (χ1n) is 11.7. The molecule has 0 radical (unpaired) electrons. The number of aromatic nitrogens is 1. The smallest absolute Gasteiger partial charge is 0.166 e. The van der Waals surface area contributed by atoms with Gasteiger partial charge in [-0.1, -0.05) is 38.1 Å². The number of fused-ring (bicyclic) bond motifs is 3. The van der Waals surface area contributed by atoms with Gasteiger partial charge in [0.05, 0.1) is 22.2 Å². The number of phenols is 1. The van der Waals surface area contributed by atoms with E-state index in [4.69, 9.17) is 9.72 Å². The summed E-state index contributed by atoms with van der Waals surface area (Å²) < 4.78 is 6.52. The molecule has 7 rings (SSSR count). The van der Waals surface area contributed by atoms with Crippen LogP contribution >= 0.6 is 0 Å². The molecule has 0 amide bonds. The quantitative estimate of drug-likeness (QED) is 0.471. The number of piperidine rings is 1. The molecule has 1 fully saturated rings. The van der Waals surface area contributed by atoms with E-state index in [0.717, 1.165) is 58.4 Å². The lowest BCUT2D eigenvalue weighted by atomic mass is 9.49. The molecule has 2 aliphatic heterocycles. The highest BCUT2D eigenvalue weighted by Gasteiger charge is 2.71. The number of aliphatic hydroxyl groups is 1. The fraction of sp³-hybridized carbons (Fsp3) is 0.423. The van der Waals surface area contributed by atoms with Crippen LogP contribution in [-0.4, -0.2) is 40.4 Å². The summed E-state index contributed by atoms with van der Waals surface area (Å²) >= 11 is 0. The van der Waals surface area contributed by atoms with Crippen molar-refractivity contribution in [3.8, 4) is 11.5 Å². The average molecular weight is 432 g/mol. The molecule has 4 atom stereocenters. The Balaban J connectivity index is 0.000000953. The fourth-order valence-electron chi connectivity index (χ4n) is 6.83. The Morgan fingerprint density at radius 1 is 1.19 bits per heavy atom. The van der Waals surface area contributed by atoms with E-state index in [2.05, 4.69) is 16.7 Å². The lowest BCUT2D eigenvalue weighted by molar-refractivity contribution is -0.134. The molecule has 3 aromatic rings. The van der Waals surface area contributed by atoms with Crippen LogP contribution in [0.5, 0.6) is 11.5 Å². The molecule has 1 spiro atoms. The minimum Gasteiger partial charge on any atom is -0.504 e. The minimum atomic E-state index is -1.01. The predicted molar refractivity (Wildman–Crippen MR) is 125 cm³/mol. The van der Waals surface area contributed by atoms with Crippen LogP contribution in [-0.2, 0) is 18.3 Å². The van der Waals surface area contributed by atoms with Crippen LogP contribution in [0.15, 0.2) is 36.4 Å². The topological polar surface area (TPSA) is 86.6 Å². The predicted octanol–water partition coefficient (Wildman–Crippen LogP) is 3.59. The Bertz CT molecular complexity index is 1260. The maximum atomic E-state index is 12.4. The minimum absolute atomic E-state index is 0.0651. The molecule has 32 heavy (non-hydrogen) atoms. The number of benzene rings is 2. The van der Waals surface area contributed by atoms with Gasteiger partial charge in [-0.3, -0.25) is 0 Å². The molecular formula is C26H29N3O3. The van der Waals surface area contributed by atoms with Gasteiger partial charge in [-0.2, -0.15) is 0 Å². The van der Waals surface area contributed by atoms with Crippen molar-refractivity contribution in [2.75, 3.05) is 18.9 Å². The molecule has 6 nitrogen and oxygen atoms in total. The van der Waals surface area contributed by atoms with Gasteiger partial charge in [0.2, 0.25) is 0 Å². The van der Waals surface area contributed by atoms with Crippen LogP contribution in [0.1, 0.15) is 48.8 Å². The number of aromatic hydroxyl groups is 1. The van der Waals surface area contributed by atoms with Gasteiger partial charge in [0, 0.05) is 41.7 Å². The second-order valence-corrected chi connectivity index (χ2v) is 9.10. The largest absolute Gasteiger partial charge is 0.504 e. The van der Waals surface area contributed by atoms with E-state index in [-0.39, 0.29) is 11.8 Å². The normalized spacial score (nSPS) is 30.5. The Labute approximate surface area is 187 Å². The molecule has 4 aliphatic rings. The summed E-state index contributed by atoms with van der Waals surface area (Å²) in [6.45, 7) is 4.81. The maximum Gasteiger partial charge on any atom is 0.166 e. The molecule has 0 saturated carbocycles. The SMILES string of the molecule is CC.CNc1c2c(nc3ccccc13)C1Oc3c(O)ccc4c3[C@@]13CCN[C@H](C4)C3(O)C2. The van der Waals surface area contributed by atoms with Gasteiger partial charge in [-0.15, -0.1) is 0 Å². The summed E-state index contributed by atoms with van der Waals surface area (Å²) in [7, 11) is 1.92. The third-order valence-corrected chi connectivity index (χ3v) is 8.01. The molecule has 166 valence electrons. The lowest BCUT2D eigenvalue weighted by Gasteiger charge is -2.60. The van der Waals surface area contributed by atoms with Gasteiger partial charge in [-0.05, 0) is 37.1 Å². The first-order valence-corrected chi connectivity index (χ1v) is 11.7. The number of ether oxygens (including phenoxy) is 1. The Hall–Kier alpha value is -2.83. The maximum absolute atomic E-state index is 12.4. The Morgan fingerprint density at radius 3 is 2.81 bits per heavy atom. The van der Waals surface area contributed by atoms with Crippen molar-refractivity contribution in [2.24, 2.45) is 0 Å². The Morgan fingerprint density at radius 2 is 2.00 bits per heavy atom. The number of nitrogens with one attached hydrogen (secondary N) is 2. The Kier molecular flexibility index (Phi) is 4.08. The van der Waals surface area contributed by atoms with Crippen LogP contribution < -0.4 is 15.4 Å². The molecule has 3 heterocycles.